The molecule has 1 aliphatic rings. The molecule has 0 saturated carbocycles. The molecule has 1 saturated heterocycles. The number of rotatable bonds is 7. The molecule has 1 fully saturated rings. The molecular weight excluding hydrogens is 388 g/mol. The summed E-state index contributed by atoms with van der Waals surface area (Å²) < 4.78 is 11.2. The quantitative estimate of drug-likeness (QED) is 0.330. The Morgan fingerprint density at radius 2 is 1.93 bits per heavy atom. The monoisotopic (exact) mass is 408 g/mol. The first-order valence-corrected chi connectivity index (χ1v) is 9.29. The predicted molar refractivity (Wildman–Crippen MR) is 114 cm³/mol. The van der Waals surface area contributed by atoms with E-state index in [2.05, 4.69) is 11.9 Å². The molecule has 0 aliphatic carbocycles. The molecule has 0 spiro atoms. The van der Waals surface area contributed by atoms with Crippen molar-refractivity contribution in [3.63, 3.8) is 0 Å². The zero-order valence-electron chi connectivity index (χ0n) is 15.9. The number of amides is 2. The van der Waals surface area contributed by atoms with Gasteiger partial charge in [-0.1, -0.05) is 30.3 Å². The van der Waals surface area contributed by atoms with Crippen LogP contribution in [-0.4, -0.2) is 35.5 Å². The highest BCUT2D eigenvalue weighted by atomic mass is 32.1. The zero-order chi connectivity index (χ0) is 20.8. The Labute approximate surface area is 174 Å². The van der Waals surface area contributed by atoms with Crippen molar-refractivity contribution in [2.45, 2.75) is 6.61 Å². The number of nitrogens with zero attached hydrogens (tertiary/aromatic N) is 1. The van der Waals surface area contributed by atoms with Gasteiger partial charge in [-0.3, -0.25) is 19.8 Å². The number of carbonyl (C=O) groups excluding carboxylic acids is 2. The van der Waals surface area contributed by atoms with Gasteiger partial charge in [-0.05, 0) is 48.1 Å². The van der Waals surface area contributed by atoms with Gasteiger partial charge >= 0.3 is 0 Å². The van der Waals surface area contributed by atoms with Crippen molar-refractivity contribution >= 4 is 35.2 Å². The van der Waals surface area contributed by atoms with Gasteiger partial charge in [0.1, 0.15) is 23.7 Å². The third-order valence-corrected chi connectivity index (χ3v) is 4.57. The van der Waals surface area contributed by atoms with Gasteiger partial charge in [-0.2, -0.15) is 0 Å². The van der Waals surface area contributed by atoms with Gasteiger partial charge in [0.25, 0.3) is 11.8 Å². The van der Waals surface area contributed by atoms with E-state index in [1.165, 1.54) is 11.0 Å². The maximum absolute atomic E-state index is 12.7. The first-order chi connectivity index (χ1) is 14.0. The van der Waals surface area contributed by atoms with E-state index in [0.717, 1.165) is 11.3 Å². The van der Waals surface area contributed by atoms with Crippen LogP contribution in [0.1, 0.15) is 11.1 Å². The Balaban J connectivity index is 1.88. The Bertz CT molecular complexity index is 986. The largest absolute Gasteiger partial charge is 0.496 e. The molecule has 2 aromatic rings. The van der Waals surface area contributed by atoms with Gasteiger partial charge in [-0.15, -0.1) is 6.58 Å². The van der Waals surface area contributed by atoms with E-state index in [4.69, 9.17) is 21.7 Å². The highest BCUT2D eigenvalue weighted by Crippen LogP contribution is 2.24. The number of nitrogens with one attached hydrogen (secondary N) is 1. The van der Waals surface area contributed by atoms with Crippen molar-refractivity contribution in [2.75, 3.05) is 13.7 Å². The van der Waals surface area contributed by atoms with E-state index in [-0.39, 0.29) is 23.8 Å². The number of hydrogen-bond acceptors (Lipinski definition) is 5. The normalized spacial score (nSPS) is 15.3. The number of hydrogen-bond donors (Lipinski definition) is 1. The summed E-state index contributed by atoms with van der Waals surface area (Å²) in [6.45, 7) is 4.11. The molecule has 0 radical (unpaired) electrons. The molecule has 148 valence electrons. The van der Waals surface area contributed by atoms with Gasteiger partial charge in [0.2, 0.25) is 0 Å². The second kappa shape index (κ2) is 9.16. The van der Waals surface area contributed by atoms with E-state index in [9.17, 15) is 9.59 Å². The number of benzene rings is 2. The fourth-order valence-electron chi connectivity index (χ4n) is 2.83. The van der Waals surface area contributed by atoms with Crippen molar-refractivity contribution in [1.82, 2.24) is 10.2 Å². The van der Waals surface area contributed by atoms with Gasteiger partial charge in [0, 0.05) is 12.1 Å². The third-order valence-electron chi connectivity index (χ3n) is 4.25. The minimum Gasteiger partial charge on any atom is -0.496 e. The van der Waals surface area contributed by atoms with Crippen LogP contribution >= 0.6 is 12.2 Å². The summed E-state index contributed by atoms with van der Waals surface area (Å²) in [7, 11) is 1.58. The van der Waals surface area contributed by atoms with Crippen molar-refractivity contribution in [3.05, 3.63) is 77.9 Å². The molecule has 1 aliphatic heterocycles. The molecule has 7 heteroatoms. The van der Waals surface area contributed by atoms with Crippen molar-refractivity contribution in [2.24, 2.45) is 0 Å². The Hall–Kier alpha value is -3.45. The summed E-state index contributed by atoms with van der Waals surface area (Å²) in [6, 6.07) is 14.8. The van der Waals surface area contributed by atoms with Gasteiger partial charge in [0.15, 0.2) is 5.11 Å². The van der Waals surface area contributed by atoms with E-state index < -0.39 is 11.8 Å². The highest BCUT2D eigenvalue weighted by Gasteiger charge is 2.32. The zero-order valence-corrected chi connectivity index (χ0v) is 16.7. The molecule has 0 unspecified atom stereocenters. The van der Waals surface area contributed by atoms with Gasteiger partial charge in [-0.25, -0.2) is 0 Å². The number of para-hydroxylation sites is 1. The lowest BCUT2D eigenvalue weighted by atomic mass is 10.0. The van der Waals surface area contributed by atoms with E-state index in [0.29, 0.717) is 11.3 Å². The third kappa shape index (κ3) is 4.70. The molecule has 3 rings (SSSR count). The highest BCUT2D eigenvalue weighted by molar-refractivity contribution is 7.80. The van der Waals surface area contributed by atoms with Crippen molar-refractivity contribution < 1.29 is 19.1 Å². The molecule has 0 aromatic heterocycles. The summed E-state index contributed by atoms with van der Waals surface area (Å²) in [5, 5.41) is 2.60. The summed E-state index contributed by atoms with van der Waals surface area (Å²) in [5.74, 6) is 0.389. The lowest BCUT2D eigenvalue weighted by Crippen LogP contribution is -2.53. The minimum atomic E-state index is -0.529. The van der Waals surface area contributed by atoms with Crippen LogP contribution in [0.3, 0.4) is 0 Å². The molecule has 29 heavy (non-hydrogen) atoms. The molecule has 1 N–H and O–H groups in total. The number of carbonyl (C=O) groups is 2. The number of ether oxygens (including phenoxy) is 2. The fraction of sp³-hybridized carbons (Fsp3) is 0.136. The maximum Gasteiger partial charge on any atom is 0.265 e. The van der Waals surface area contributed by atoms with E-state index in [1.807, 2.05) is 36.4 Å². The van der Waals surface area contributed by atoms with Crippen LogP contribution < -0.4 is 14.8 Å². The molecular formula is C22H20N2O4S. The molecule has 0 atom stereocenters. The summed E-state index contributed by atoms with van der Waals surface area (Å²) in [4.78, 5) is 26.3. The van der Waals surface area contributed by atoms with Crippen LogP contribution in [-0.2, 0) is 16.2 Å². The summed E-state index contributed by atoms with van der Waals surface area (Å²) in [6.07, 6.45) is 3.08. The average Bonchev–Trinajstić information content (AvgIpc) is 2.73. The maximum atomic E-state index is 12.7. The van der Waals surface area contributed by atoms with Crippen LogP contribution in [0, 0.1) is 0 Å². The molecule has 0 bridgehead atoms. The van der Waals surface area contributed by atoms with E-state index >= 15 is 0 Å². The minimum absolute atomic E-state index is 0.000504. The number of thiocarbonyl (C=S) groups is 1. The smallest absolute Gasteiger partial charge is 0.265 e. The van der Waals surface area contributed by atoms with Crippen LogP contribution in [0.5, 0.6) is 11.5 Å². The second-order valence-corrected chi connectivity index (χ2v) is 6.58. The second-order valence-electron chi connectivity index (χ2n) is 6.19. The average molecular weight is 408 g/mol. The SMILES string of the molecule is C=CCN1C(=O)/C(=C/c2ccc(OC)c(COc3ccccc3)c2)C(=O)NC1=S. The lowest BCUT2D eigenvalue weighted by molar-refractivity contribution is -0.128. The first kappa shape index (κ1) is 20.3. The Morgan fingerprint density at radius 1 is 1.17 bits per heavy atom. The Kier molecular flexibility index (Phi) is 6.41. The summed E-state index contributed by atoms with van der Waals surface area (Å²) in [5.41, 5.74) is 1.45. The van der Waals surface area contributed by atoms with E-state index in [1.54, 1.807) is 25.3 Å². The molecule has 6 nitrogen and oxygen atoms in total. The summed E-state index contributed by atoms with van der Waals surface area (Å²) >= 11 is 5.06. The molecule has 2 aromatic carbocycles. The number of methoxy groups -OCH3 is 1. The van der Waals surface area contributed by atoms with Crippen LogP contribution in [0.4, 0.5) is 0 Å². The first-order valence-electron chi connectivity index (χ1n) is 8.88. The van der Waals surface area contributed by atoms with Crippen molar-refractivity contribution in [3.8, 4) is 11.5 Å². The predicted octanol–water partition coefficient (Wildman–Crippen LogP) is 3.09. The fourth-order valence-corrected chi connectivity index (χ4v) is 3.08. The molecule has 2 amide bonds. The van der Waals surface area contributed by atoms with Gasteiger partial charge in [0.05, 0.1) is 7.11 Å². The van der Waals surface area contributed by atoms with Crippen LogP contribution in [0.2, 0.25) is 0 Å². The van der Waals surface area contributed by atoms with Crippen LogP contribution in [0.25, 0.3) is 6.08 Å². The topological polar surface area (TPSA) is 67.9 Å². The molecule has 1 heterocycles. The van der Waals surface area contributed by atoms with Crippen LogP contribution in [0.15, 0.2) is 66.8 Å². The lowest BCUT2D eigenvalue weighted by Gasteiger charge is -2.27. The standard InChI is InChI=1S/C22H20N2O4S/c1-3-11-24-21(26)18(20(25)23-22(24)29)13-15-9-10-19(27-2)16(12-15)14-28-17-7-5-4-6-8-17/h3-10,12-13H,1,11,14H2,2H3,(H,23,25,29)/b18-13+. The van der Waals surface area contributed by atoms with Gasteiger partial charge < -0.3 is 9.47 Å². The van der Waals surface area contributed by atoms with Crippen molar-refractivity contribution in [1.29, 1.82) is 0 Å². The Morgan fingerprint density at radius 3 is 2.62 bits per heavy atom.